The summed E-state index contributed by atoms with van der Waals surface area (Å²) in [5.74, 6) is -6.19. The zero-order chi connectivity index (χ0) is 45.0. The van der Waals surface area contributed by atoms with E-state index < -0.39 is 108 Å². The zero-order valence-electron chi connectivity index (χ0n) is 34.7. The third kappa shape index (κ3) is 12.6. The fourth-order valence-electron chi connectivity index (χ4n) is 7.98. The van der Waals surface area contributed by atoms with Gasteiger partial charge in [-0.1, -0.05) is 12.1 Å². The molecule has 1 aromatic rings. The lowest BCUT2D eigenvalue weighted by molar-refractivity contribution is -0.149. The van der Waals surface area contributed by atoms with E-state index in [-0.39, 0.29) is 57.5 Å². The van der Waals surface area contributed by atoms with Crippen molar-refractivity contribution in [2.75, 3.05) is 32.8 Å². The topological polar surface area (TPSA) is 327 Å². The van der Waals surface area contributed by atoms with Gasteiger partial charge in [0.15, 0.2) is 6.04 Å². The summed E-state index contributed by atoms with van der Waals surface area (Å²) in [7, 11) is 0. The first kappa shape index (κ1) is 48.3. The normalized spacial score (nSPS) is 21.7. The number of rotatable bonds is 20. The molecule has 338 valence electrons. The molecular weight excluding hydrogens is 798 g/mol. The van der Waals surface area contributed by atoms with Gasteiger partial charge in [-0.05, 0) is 95.9 Å². The number of phenolic OH excluding ortho intramolecular Hbond substituents is 1. The Bertz CT molecular complexity index is 1750. The summed E-state index contributed by atoms with van der Waals surface area (Å²) < 4.78 is 0. The van der Waals surface area contributed by atoms with E-state index in [2.05, 4.69) is 21.3 Å². The second kappa shape index (κ2) is 22.5. The van der Waals surface area contributed by atoms with E-state index in [9.17, 15) is 58.8 Å². The molecule has 4 rings (SSSR count). The molecule has 0 radical (unpaired) electrons. The molecular formula is C40H61N9O12. The molecule has 0 aromatic heterocycles. The number of carboxylic acid groups (broad SMARTS) is 1. The summed E-state index contributed by atoms with van der Waals surface area (Å²) in [6, 6.07) is -3.65. The van der Waals surface area contributed by atoms with Crippen LogP contribution < -0.4 is 32.7 Å². The summed E-state index contributed by atoms with van der Waals surface area (Å²) in [4.78, 5) is 111. The van der Waals surface area contributed by atoms with Crippen molar-refractivity contribution in [3.05, 3.63) is 29.8 Å². The molecule has 0 spiro atoms. The number of aliphatic hydroxyl groups excluding tert-OH is 2. The maximum Gasteiger partial charge on any atom is 0.328 e. The number of benzene rings is 1. The highest BCUT2D eigenvalue weighted by Crippen LogP contribution is 2.27. The molecule has 0 saturated carbocycles. The summed E-state index contributed by atoms with van der Waals surface area (Å²) in [5.41, 5.74) is 11.9. The standard InChI is InChI=1S/C40H61N9O12/c1-22(42)33(53)43-26(8-3-4-16-41)37(57)47-17-5-9-29(47)35(55)45-28(21-50)34(54)44-27(20-24-12-14-25(52)15-13-24)38(58)49-19-7-11-31(49)39(59)48-18-6-10-30(48)36(56)46-32(23(2)51)40(60)61/h12-15,22-23,26-32,50-52H,3-11,16-21,41-42H2,1-2H3,(H,43,53)(H,44,54)(H,45,55)(H,46,56)(H,60,61)/t22-,23+,26-,27-,28-,29-,30-,31-,32-/m0/s1. The van der Waals surface area contributed by atoms with Crippen molar-refractivity contribution >= 4 is 47.3 Å². The smallest absolute Gasteiger partial charge is 0.328 e. The number of carbonyl (C=O) groups is 8. The monoisotopic (exact) mass is 859 g/mol. The number of unbranched alkanes of at least 4 members (excludes halogenated alkanes) is 1. The second-order valence-corrected chi connectivity index (χ2v) is 15.9. The second-order valence-electron chi connectivity index (χ2n) is 15.9. The number of aliphatic hydroxyl groups is 2. The maximum atomic E-state index is 14.4. The lowest BCUT2D eigenvalue weighted by Gasteiger charge is -2.33. The van der Waals surface area contributed by atoms with Crippen molar-refractivity contribution in [1.29, 1.82) is 0 Å². The summed E-state index contributed by atoms with van der Waals surface area (Å²) >= 11 is 0. The minimum atomic E-state index is -1.60. The molecule has 1 aromatic carbocycles. The SMILES string of the molecule is C[C@H](N)C(=O)N[C@@H](CCCCN)C(=O)N1CCC[C@H]1C(=O)N[C@@H](CO)C(=O)N[C@@H](Cc1ccc(O)cc1)C(=O)N1CCC[C@H]1C(=O)N1CCC[C@H]1C(=O)N[C@H](C(=O)O)[C@@H](C)O. The highest BCUT2D eigenvalue weighted by molar-refractivity contribution is 5.98. The lowest BCUT2D eigenvalue weighted by atomic mass is 10.0. The molecule has 61 heavy (non-hydrogen) atoms. The van der Waals surface area contributed by atoms with E-state index in [1.807, 2.05) is 0 Å². The zero-order valence-corrected chi connectivity index (χ0v) is 34.7. The predicted octanol–water partition coefficient (Wildman–Crippen LogP) is -3.22. The Morgan fingerprint density at radius 1 is 0.721 bits per heavy atom. The van der Waals surface area contributed by atoms with E-state index in [1.165, 1.54) is 52.8 Å². The molecule has 12 N–H and O–H groups in total. The van der Waals surface area contributed by atoms with Crippen LogP contribution in [0.25, 0.3) is 0 Å². The van der Waals surface area contributed by atoms with Gasteiger partial charge in [0.05, 0.1) is 18.8 Å². The molecule has 3 heterocycles. The van der Waals surface area contributed by atoms with Crippen LogP contribution in [0.1, 0.15) is 77.2 Å². The Morgan fingerprint density at radius 2 is 1.25 bits per heavy atom. The maximum absolute atomic E-state index is 14.4. The van der Waals surface area contributed by atoms with Crippen molar-refractivity contribution in [2.45, 2.75) is 132 Å². The number of phenols is 1. The molecule has 7 amide bonds. The van der Waals surface area contributed by atoms with Crippen LogP contribution >= 0.6 is 0 Å². The molecule has 0 aliphatic carbocycles. The number of aromatic hydroxyl groups is 1. The predicted molar refractivity (Wildman–Crippen MR) is 217 cm³/mol. The first-order chi connectivity index (χ1) is 29.0. The average Bonchev–Trinajstić information content (AvgIpc) is 4.03. The molecule has 21 nitrogen and oxygen atoms in total. The number of carboxylic acids is 1. The first-order valence-electron chi connectivity index (χ1n) is 20.9. The van der Waals surface area contributed by atoms with Gasteiger partial charge in [0.25, 0.3) is 0 Å². The van der Waals surface area contributed by atoms with Crippen LogP contribution in [0.15, 0.2) is 24.3 Å². The molecule has 0 unspecified atom stereocenters. The van der Waals surface area contributed by atoms with Gasteiger partial charge in [-0.15, -0.1) is 0 Å². The Morgan fingerprint density at radius 3 is 1.80 bits per heavy atom. The third-order valence-corrected chi connectivity index (χ3v) is 11.3. The van der Waals surface area contributed by atoms with Gasteiger partial charge in [-0.3, -0.25) is 33.6 Å². The average molecular weight is 860 g/mol. The van der Waals surface area contributed by atoms with Gasteiger partial charge in [-0.25, -0.2) is 4.79 Å². The van der Waals surface area contributed by atoms with E-state index in [1.54, 1.807) is 0 Å². The van der Waals surface area contributed by atoms with Gasteiger partial charge in [0.1, 0.15) is 42.0 Å². The number of nitrogens with two attached hydrogens (primary N) is 2. The first-order valence-corrected chi connectivity index (χ1v) is 20.9. The molecule has 9 atom stereocenters. The van der Waals surface area contributed by atoms with Crippen molar-refractivity contribution in [3.8, 4) is 5.75 Å². The van der Waals surface area contributed by atoms with Gasteiger partial charge < -0.3 is 67.9 Å². The number of nitrogens with one attached hydrogen (secondary N) is 4. The molecule has 21 heteroatoms. The van der Waals surface area contributed by atoms with Crippen molar-refractivity contribution < 1.29 is 58.8 Å². The third-order valence-electron chi connectivity index (χ3n) is 11.3. The number of aliphatic carboxylic acids is 1. The Kier molecular flexibility index (Phi) is 17.8. The molecule has 0 bridgehead atoms. The van der Waals surface area contributed by atoms with Crippen molar-refractivity contribution in [3.63, 3.8) is 0 Å². The van der Waals surface area contributed by atoms with Crippen LogP contribution in [0.4, 0.5) is 0 Å². The summed E-state index contributed by atoms with van der Waals surface area (Å²) in [6.07, 6.45) is 1.82. The molecule has 3 aliphatic heterocycles. The number of hydrogen-bond donors (Lipinski definition) is 10. The Balaban J connectivity index is 1.50. The lowest BCUT2D eigenvalue weighted by Crippen LogP contribution is -2.60. The highest BCUT2D eigenvalue weighted by Gasteiger charge is 2.45. The van der Waals surface area contributed by atoms with Crippen LogP contribution in [0.2, 0.25) is 0 Å². The minimum Gasteiger partial charge on any atom is -0.508 e. The van der Waals surface area contributed by atoms with E-state index in [0.717, 1.165) is 0 Å². The highest BCUT2D eigenvalue weighted by atomic mass is 16.4. The van der Waals surface area contributed by atoms with E-state index in [4.69, 9.17) is 11.5 Å². The van der Waals surface area contributed by atoms with Crippen molar-refractivity contribution in [1.82, 2.24) is 36.0 Å². The van der Waals surface area contributed by atoms with Gasteiger partial charge in [-0.2, -0.15) is 0 Å². The van der Waals surface area contributed by atoms with Gasteiger partial charge in [0.2, 0.25) is 41.4 Å². The number of carbonyl (C=O) groups excluding carboxylic acids is 7. The van der Waals surface area contributed by atoms with Gasteiger partial charge in [0, 0.05) is 26.1 Å². The molecule has 3 aliphatic rings. The number of amides is 7. The fraction of sp³-hybridized carbons (Fsp3) is 0.650. The number of hydrogen-bond acceptors (Lipinski definition) is 13. The molecule has 3 fully saturated rings. The van der Waals surface area contributed by atoms with E-state index >= 15 is 0 Å². The van der Waals surface area contributed by atoms with E-state index in [0.29, 0.717) is 44.2 Å². The summed E-state index contributed by atoms with van der Waals surface area (Å²) in [5, 5.41) is 49.7. The Hall–Kier alpha value is -5.38. The minimum absolute atomic E-state index is 0.0473. The van der Waals surface area contributed by atoms with Crippen LogP contribution in [0.5, 0.6) is 5.75 Å². The number of likely N-dealkylation sites (tertiary alicyclic amines) is 3. The summed E-state index contributed by atoms with van der Waals surface area (Å²) in [6.45, 7) is 2.66. The fourth-order valence-corrected chi connectivity index (χ4v) is 7.98. The van der Waals surface area contributed by atoms with Gasteiger partial charge >= 0.3 is 5.97 Å². The quantitative estimate of drug-likeness (QED) is 0.0577. The number of nitrogens with zero attached hydrogens (tertiary/aromatic N) is 3. The van der Waals surface area contributed by atoms with Crippen LogP contribution in [-0.2, 0) is 44.8 Å². The largest absolute Gasteiger partial charge is 0.508 e. The van der Waals surface area contributed by atoms with Crippen LogP contribution in [0.3, 0.4) is 0 Å². The van der Waals surface area contributed by atoms with Crippen LogP contribution in [-0.4, -0.2) is 170 Å². The molecule has 3 saturated heterocycles. The van der Waals surface area contributed by atoms with Crippen molar-refractivity contribution in [2.24, 2.45) is 11.5 Å². The van der Waals surface area contributed by atoms with Crippen LogP contribution in [0, 0.1) is 0 Å². The Labute approximate surface area is 353 Å².